The number of ether oxygens (including phenoxy) is 1. The van der Waals surface area contributed by atoms with Crippen molar-refractivity contribution in [2.45, 2.75) is 35.4 Å². The van der Waals surface area contributed by atoms with Gasteiger partial charge >= 0.3 is 0 Å². The molecule has 3 nitrogen and oxygen atoms in total. The van der Waals surface area contributed by atoms with Crippen LogP contribution in [0.15, 0.2) is 29.2 Å². The molecule has 0 saturated heterocycles. The topological polar surface area (TPSA) is 38.3 Å². The molecule has 0 spiro atoms. The van der Waals surface area contributed by atoms with Crippen molar-refractivity contribution in [3.8, 4) is 5.75 Å². The second kappa shape index (κ2) is 5.65. The first kappa shape index (κ1) is 12.6. The summed E-state index contributed by atoms with van der Waals surface area (Å²) in [4.78, 5) is 0.901. The minimum Gasteiger partial charge on any atom is -0.497 e. The maximum absolute atomic E-state index is 12.4. The Morgan fingerprint density at radius 1 is 1.29 bits per heavy atom. The molecule has 1 aromatic rings. The summed E-state index contributed by atoms with van der Waals surface area (Å²) in [6.07, 6.45) is 3.34. The zero-order valence-electron chi connectivity index (χ0n) is 10.3. The fraction of sp³-hybridized carbons (Fsp3) is 0.538. The van der Waals surface area contributed by atoms with Gasteiger partial charge in [0, 0.05) is 10.9 Å². The molecule has 17 heavy (non-hydrogen) atoms. The van der Waals surface area contributed by atoms with E-state index < -0.39 is 10.8 Å². The first-order chi connectivity index (χ1) is 8.26. The van der Waals surface area contributed by atoms with Gasteiger partial charge in [-0.1, -0.05) is 6.42 Å². The smallest absolute Gasteiger partial charge is 0.118 e. The normalized spacial score (nSPS) is 25.8. The third-order valence-electron chi connectivity index (χ3n) is 3.39. The third kappa shape index (κ3) is 2.69. The van der Waals surface area contributed by atoms with E-state index in [2.05, 4.69) is 5.32 Å². The molecule has 3 unspecified atom stereocenters. The fourth-order valence-corrected chi connectivity index (χ4v) is 4.10. The molecule has 0 heterocycles. The zero-order chi connectivity index (χ0) is 12.3. The van der Waals surface area contributed by atoms with Gasteiger partial charge in [-0.15, -0.1) is 0 Å². The standard InChI is InChI=1S/C13H19NO2S/c1-14-12-4-3-5-13(12)17(15)11-8-6-10(16-2)7-9-11/h6-9,12-14H,3-5H2,1-2H3. The lowest BCUT2D eigenvalue weighted by Crippen LogP contribution is -2.35. The van der Waals surface area contributed by atoms with Crippen LogP contribution in [0.1, 0.15) is 19.3 Å². The van der Waals surface area contributed by atoms with Crippen molar-refractivity contribution < 1.29 is 8.95 Å². The van der Waals surface area contributed by atoms with Crippen LogP contribution in [-0.2, 0) is 10.8 Å². The summed E-state index contributed by atoms with van der Waals surface area (Å²) in [6, 6.07) is 7.94. The Morgan fingerprint density at radius 2 is 2.00 bits per heavy atom. The summed E-state index contributed by atoms with van der Waals surface area (Å²) in [6.45, 7) is 0. The van der Waals surface area contributed by atoms with Crippen LogP contribution in [0.3, 0.4) is 0 Å². The first-order valence-corrected chi connectivity index (χ1v) is 7.19. The highest BCUT2D eigenvalue weighted by Crippen LogP contribution is 2.27. The van der Waals surface area contributed by atoms with Crippen LogP contribution in [-0.4, -0.2) is 29.7 Å². The highest BCUT2D eigenvalue weighted by Gasteiger charge is 2.31. The highest BCUT2D eigenvalue weighted by molar-refractivity contribution is 7.85. The largest absolute Gasteiger partial charge is 0.497 e. The molecular weight excluding hydrogens is 234 g/mol. The van der Waals surface area contributed by atoms with Gasteiger partial charge < -0.3 is 10.1 Å². The van der Waals surface area contributed by atoms with Crippen LogP contribution in [0.4, 0.5) is 0 Å². The number of nitrogens with one attached hydrogen (secondary N) is 1. The Morgan fingerprint density at radius 3 is 2.59 bits per heavy atom. The summed E-state index contributed by atoms with van der Waals surface area (Å²) in [7, 11) is 2.67. The molecule has 1 aliphatic rings. The van der Waals surface area contributed by atoms with Gasteiger partial charge in [0.25, 0.3) is 0 Å². The van der Waals surface area contributed by atoms with Crippen molar-refractivity contribution in [3.63, 3.8) is 0 Å². The van der Waals surface area contributed by atoms with Crippen LogP contribution in [0.2, 0.25) is 0 Å². The van der Waals surface area contributed by atoms with Gasteiger partial charge in [-0.25, -0.2) is 0 Å². The van der Waals surface area contributed by atoms with Crippen LogP contribution in [0, 0.1) is 0 Å². The fourth-order valence-electron chi connectivity index (χ4n) is 2.40. The molecule has 0 aliphatic heterocycles. The summed E-state index contributed by atoms with van der Waals surface area (Å²) in [5, 5.41) is 3.51. The summed E-state index contributed by atoms with van der Waals surface area (Å²) >= 11 is 0. The van der Waals surface area contributed by atoms with Crippen molar-refractivity contribution in [1.29, 1.82) is 0 Å². The molecule has 0 aromatic heterocycles. The predicted molar refractivity (Wildman–Crippen MR) is 69.9 cm³/mol. The molecule has 0 bridgehead atoms. The van der Waals surface area contributed by atoms with E-state index in [1.807, 2.05) is 31.3 Å². The summed E-state index contributed by atoms with van der Waals surface area (Å²) in [5.41, 5.74) is 0. The predicted octanol–water partition coefficient (Wildman–Crippen LogP) is 1.94. The van der Waals surface area contributed by atoms with E-state index in [0.29, 0.717) is 6.04 Å². The van der Waals surface area contributed by atoms with Gasteiger partial charge in [-0.05, 0) is 44.2 Å². The monoisotopic (exact) mass is 253 g/mol. The number of hydrogen-bond donors (Lipinski definition) is 1. The van der Waals surface area contributed by atoms with E-state index in [4.69, 9.17) is 4.74 Å². The Kier molecular flexibility index (Phi) is 4.18. The number of methoxy groups -OCH3 is 1. The number of rotatable bonds is 4. The van der Waals surface area contributed by atoms with Crippen LogP contribution >= 0.6 is 0 Å². The average molecular weight is 253 g/mol. The lowest BCUT2D eigenvalue weighted by atomic mass is 10.2. The SMILES string of the molecule is CNC1CCCC1S(=O)c1ccc(OC)cc1. The minimum absolute atomic E-state index is 0.244. The van der Waals surface area contributed by atoms with Gasteiger partial charge in [0.15, 0.2) is 0 Å². The van der Waals surface area contributed by atoms with Gasteiger partial charge in [-0.3, -0.25) is 4.21 Å². The van der Waals surface area contributed by atoms with Crippen molar-refractivity contribution >= 4 is 10.8 Å². The molecule has 3 atom stereocenters. The second-order valence-electron chi connectivity index (χ2n) is 4.34. The van der Waals surface area contributed by atoms with Gasteiger partial charge in [0.05, 0.1) is 23.2 Å². The summed E-state index contributed by atoms with van der Waals surface area (Å²) < 4.78 is 17.6. The van der Waals surface area contributed by atoms with E-state index in [0.717, 1.165) is 29.9 Å². The molecule has 1 saturated carbocycles. The van der Waals surface area contributed by atoms with E-state index in [-0.39, 0.29) is 5.25 Å². The van der Waals surface area contributed by atoms with Crippen molar-refractivity contribution in [1.82, 2.24) is 5.32 Å². The number of hydrogen-bond acceptors (Lipinski definition) is 3. The van der Waals surface area contributed by atoms with E-state index >= 15 is 0 Å². The van der Waals surface area contributed by atoms with E-state index in [1.54, 1.807) is 7.11 Å². The molecule has 2 rings (SSSR count). The summed E-state index contributed by atoms with van der Waals surface area (Å²) in [5.74, 6) is 0.808. The van der Waals surface area contributed by atoms with Crippen LogP contribution in [0.25, 0.3) is 0 Å². The lowest BCUT2D eigenvalue weighted by molar-refractivity contribution is 0.414. The highest BCUT2D eigenvalue weighted by atomic mass is 32.2. The quantitative estimate of drug-likeness (QED) is 0.891. The van der Waals surface area contributed by atoms with Crippen LogP contribution < -0.4 is 10.1 Å². The molecule has 1 N–H and O–H groups in total. The minimum atomic E-state index is -0.917. The Hall–Kier alpha value is -0.870. The number of benzene rings is 1. The maximum Gasteiger partial charge on any atom is 0.118 e. The van der Waals surface area contributed by atoms with Crippen LogP contribution in [0.5, 0.6) is 5.75 Å². The van der Waals surface area contributed by atoms with E-state index in [1.165, 1.54) is 0 Å². The molecule has 0 amide bonds. The van der Waals surface area contributed by atoms with E-state index in [9.17, 15) is 4.21 Å². The molecule has 1 aliphatic carbocycles. The van der Waals surface area contributed by atoms with Crippen molar-refractivity contribution in [2.24, 2.45) is 0 Å². The average Bonchev–Trinajstić information content (AvgIpc) is 2.86. The Labute approximate surface area is 105 Å². The molecule has 0 radical (unpaired) electrons. The molecule has 4 heteroatoms. The van der Waals surface area contributed by atoms with Gasteiger partial charge in [-0.2, -0.15) is 0 Å². The second-order valence-corrected chi connectivity index (χ2v) is 6.01. The Balaban J connectivity index is 2.13. The first-order valence-electron chi connectivity index (χ1n) is 5.98. The molecular formula is C13H19NO2S. The maximum atomic E-state index is 12.4. The Bertz CT molecular complexity index is 391. The van der Waals surface area contributed by atoms with Gasteiger partial charge in [0.2, 0.25) is 0 Å². The lowest BCUT2D eigenvalue weighted by Gasteiger charge is -2.18. The van der Waals surface area contributed by atoms with Crippen molar-refractivity contribution in [3.05, 3.63) is 24.3 Å². The zero-order valence-corrected chi connectivity index (χ0v) is 11.1. The van der Waals surface area contributed by atoms with Crippen molar-refractivity contribution in [2.75, 3.05) is 14.2 Å². The van der Waals surface area contributed by atoms with Gasteiger partial charge in [0.1, 0.15) is 5.75 Å². The molecule has 94 valence electrons. The molecule has 1 aromatic carbocycles. The molecule has 1 fully saturated rings. The third-order valence-corrected chi connectivity index (χ3v) is 5.24.